The van der Waals surface area contributed by atoms with Crippen molar-refractivity contribution in [3.63, 3.8) is 0 Å². The molecule has 7 nitrogen and oxygen atoms in total. The van der Waals surface area contributed by atoms with Crippen molar-refractivity contribution in [3.8, 4) is 0 Å². The summed E-state index contributed by atoms with van der Waals surface area (Å²) in [6, 6.07) is 14.9. The molecule has 0 saturated carbocycles. The van der Waals surface area contributed by atoms with Gasteiger partial charge in [0.05, 0.1) is 11.4 Å². The van der Waals surface area contributed by atoms with Gasteiger partial charge in [0.25, 0.3) is 11.5 Å². The third-order valence-electron chi connectivity index (χ3n) is 6.32. The van der Waals surface area contributed by atoms with Gasteiger partial charge in [-0.15, -0.1) is 0 Å². The summed E-state index contributed by atoms with van der Waals surface area (Å²) in [6.45, 7) is 2.16. The predicted octanol–water partition coefficient (Wildman–Crippen LogP) is 4.33. The van der Waals surface area contributed by atoms with Gasteiger partial charge in [-0.3, -0.25) is 9.59 Å². The van der Waals surface area contributed by atoms with Crippen LogP contribution in [0.4, 0.5) is 0 Å². The van der Waals surface area contributed by atoms with Gasteiger partial charge in [-0.25, -0.2) is 9.48 Å². The average molecular weight is 462 g/mol. The van der Waals surface area contributed by atoms with Gasteiger partial charge in [-0.2, -0.15) is 5.10 Å². The molecule has 7 heteroatoms. The highest BCUT2D eigenvalue weighted by molar-refractivity contribution is 6.02. The minimum atomic E-state index is -0.710. The molecule has 1 N–H and O–H groups in total. The molecule has 0 radical (unpaired) electrons. The van der Waals surface area contributed by atoms with Crippen LogP contribution in [0, 0.1) is 0 Å². The number of hydrogen-bond donors (Lipinski definition) is 1. The molecule has 0 aliphatic heterocycles. The maximum absolute atomic E-state index is 12.9. The van der Waals surface area contributed by atoms with Crippen molar-refractivity contribution in [2.75, 3.05) is 6.61 Å². The van der Waals surface area contributed by atoms with Crippen LogP contribution in [0.15, 0.2) is 53.3 Å². The fourth-order valence-electron chi connectivity index (χ4n) is 4.57. The molecule has 1 aromatic heterocycles. The van der Waals surface area contributed by atoms with E-state index < -0.39 is 12.6 Å². The molecule has 34 heavy (non-hydrogen) atoms. The van der Waals surface area contributed by atoms with E-state index in [-0.39, 0.29) is 23.2 Å². The lowest BCUT2D eigenvalue weighted by atomic mass is 9.88. The molecule has 0 saturated heterocycles. The summed E-state index contributed by atoms with van der Waals surface area (Å²) in [6.07, 6.45) is 6.82. The number of hydrogen-bond acceptors (Lipinski definition) is 5. The van der Waals surface area contributed by atoms with E-state index in [1.807, 2.05) is 18.2 Å². The molecule has 1 atom stereocenters. The Labute approximate surface area is 199 Å². The Morgan fingerprint density at radius 2 is 1.82 bits per heavy atom. The molecule has 0 spiro atoms. The average Bonchev–Trinajstić information content (AvgIpc) is 2.86. The van der Waals surface area contributed by atoms with Crippen molar-refractivity contribution >= 4 is 22.6 Å². The molecule has 1 heterocycles. The number of aromatic nitrogens is 2. The number of nitrogens with one attached hydrogen (secondary N) is 1. The second-order valence-corrected chi connectivity index (χ2v) is 8.77. The highest BCUT2D eigenvalue weighted by Crippen LogP contribution is 2.29. The fraction of sp³-hybridized carbons (Fsp3) is 0.407. The van der Waals surface area contributed by atoms with Crippen molar-refractivity contribution < 1.29 is 14.3 Å². The maximum atomic E-state index is 12.9. The monoisotopic (exact) mass is 461 g/mol. The van der Waals surface area contributed by atoms with Crippen LogP contribution in [-0.4, -0.2) is 28.3 Å². The van der Waals surface area contributed by atoms with Gasteiger partial charge in [-0.05, 0) is 42.9 Å². The highest BCUT2D eigenvalue weighted by atomic mass is 16.5. The predicted molar refractivity (Wildman–Crippen MR) is 131 cm³/mol. The topological polar surface area (TPSA) is 90.3 Å². The molecule has 0 bridgehead atoms. The number of nitrogens with zero attached hydrogens (tertiary/aromatic N) is 2. The van der Waals surface area contributed by atoms with Crippen molar-refractivity contribution in [2.24, 2.45) is 0 Å². The Balaban J connectivity index is 1.46. The lowest BCUT2D eigenvalue weighted by molar-refractivity contribution is -0.125. The largest absolute Gasteiger partial charge is 0.451 e. The van der Waals surface area contributed by atoms with E-state index >= 15 is 0 Å². The minimum Gasteiger partial charge on any atom is -0.451 e. The first-order chi connectivity index (χ1) is 16.6. The Morgan fingerprint density at radius 1 is 1.06 bits per heavy atom. The Morgan fingerprint density at radius 3 is 2.65 bits per heavy atom. The molecular formula is C27H31N3O4. The van der Waals surface area contributed by atoms with Crippen molar-refractivity contribution in [2.45, 2.75) is 64.5 Å². The van der Waals surface area contributed by atoms with E-state index in [1.54, 1.807) is 24.3 Å². The Hall–Kier alpha value is -3.48. The van der Waals surface area contributed by atoms with Gasteiger partial charge in [0.15, 0.2) is 12.3 Å². The normalized spacial score (nSPS) is 15.0. The molecule has 2 aromatic carbocycles. The zero-order chi connectivity index (χ0) is 23.9. The van der Waals surface area contributed by atoms with Crippen molar-refractivity contribution in [3.05, 3.63) is 75.7 Å². The summed E-state index contributed by atoms with van der Waals surface area (Å²) in [7, 11) is 0. The molecule has 4 rings (SSSR count). The van der Waals surface area contributed by atoms with Crippen LogP contribution in [0.2, 0.25) is 0 Å². The molecule has 1 amide bonds. The summed E-state index contributed by atoms with van der Waals surface area (Å²) in [5, 5.41) is 8.16. The molecule has 178 valence electrons. The van der Waals surface area contributed by atoms with E-state index in [9.17, 15) is 14.4 Å². The zero-order valence-electron chi connectivity index (χ0n) is 19.6. The Kier molecular flexibility index (Phi) is 7.72. The number of benzene rings is 2. The number of rotatable bonds is 9. The molecular weight excluding hydrogens is 430 g/mol. The molecule has 0 fully saturated rings. The first kappa shape index (κ1) is 23.7. The van der Waals surface area contributed by atoms with Gasteiger partial charge >= 0.3 is 5.97 Å². The van der Waals surface area contributed by atoms with E-state index in [4.69, 9.17) is 4.74 Å². The van der Waals surface area contributed by atoms with Crippen molar-refractivity contribution in [1.29, 1.82) is 0 Å². The van der Waals surface area contributed by atoms with Crippen LogP contribution in [0.25, 0.3) is 10.8 Å². The van der Waals surface area contributed by atoms with Crippen LogP contribution in [0.3, 0.4) is 0 Å². The van der Waals surface area contributed by atoms with Gasteiger partial charge in [0, 0.05) is 11.9 Å². The first-order valence-corrected chi connectivity index (χ1v) is 12.1. The summed E-state index contributed by atoms with van der Waals surface area (Å²) in [5.74, 6) is -1.06. The van der Waals surface area contributed by atoms with Crippen LogP contribution < -0.4 is 10.9 Å². The van der Waals surface area contributed by atoms with E-state index in [2.05, 4.69) is 23.4 Å². The molecule has 1 aliphatic carbocycles. The van der Waals surface area contributed by atoms with Gasteiger partial charge in [0.1, 0.15) is 0 Å². The van der Waals surface area contributed by atoms with Crippen LogP contribution in [-0.2, 0) is 22.5 Å². The number of esters is 1. The second-order valence-electron chi connectivity index (χ2n) is 8.77. The van der Waals surface area contributed by atoms with Gasteiger partial charge in [-0.1, -0.05) is 68.7 Å². The lowest BCUT2D eigenvalue weighted by Gasteiger charge is -2.26. The lowest BCUT2D eigenvalue weighted by Crippen LogP contribution is -2.34. The number of ether oxygens (including phenoxy) is 1. The van der Waals surface area contributed by atoms with Crippen molar-refractivity contribution in [1.82, 2.24) is 15.1 Å². The van der Waals surface area contributed by atoms with E-state index in [1.165, 1.54) is 10.2 Å². The standard InChI is InChI=1S/C27H31N3O4/c1-2-3-4-9-17-30-26(32)22-15-8-7-14-21(22)25(29-30)27(33)34-18-24(31)28-23-16-10-12-19-11-5-6-13-20(19)23/h5-8,11,13-15,23H,2-4,9-10,12,16-18H2,1H3,(H,28,31)/t23-/m0/s1. The quantitative estimate of drug-likeness (QED) is 0.378. The summed E-state index contributed by atoms with van der Waals surface area (Å²) < 4.78 is 6.68. The number of unbranched alkanes of at least 4 members (excludes halogenated alkanes) is 3. The summed E-state index contributed by atoms with van der Waals surface area (Å²) >= 11 is 0. The summed E-state index contributed by atoms with van der Waals surface area (Å²) in [4.78, 5) is 38.3. The molecule has 3 aromatic rings. The maximum Gasteiger partial charge on any atom is 0.359 e. The number of aryl methyl sites for hydroxylation is 2. The van der Waals surface area contributed by atoms with Crippen LogP contribution >= 0.6 is 0 Å². The van der Waals surface area contributed by atoms with Crippen LogP contribution in [0.1, 0.15) is 73.1 Å². The smallest absolute Gasteiger partial charge is 0.359 e. The summed E-state index contributed by atoms with van der Waals surface area (Å²) in [5.41, 5.74) is 2.20. The number of fused-ring (bicyclic) bond motifs is 2. The third-order valence-corrected chi connectivity index (χ3v) is 6.32. The van der Waals surface area contributed by atoms with E-state index in [0.29, 0.717) is 17.3 Å². The molecule has 1 aliphatic rings. The highest BCUT2D eigenvalue weighted by Gasteiger charge is 2.23. The van der Waals surface area contributed by atoms with E-state index in [0.717, 1.165) is 50.5 Å². The minimum absolute atomic E-state index is 0.0569. The number of amides is 1. The Bertz CT molecular complexity index is 1230. The first-order valence-electron chi connectivity index (χ1n) is 12.1. The fourth-order valence-corrected chi connectivity index (χ4v) is 4.57. The SMILES string of the molecule is CCCCCCn1nc(C(=O)OCC(=O)N[C@H]2CCCc3ccccc32)c2ccccc2c1=O. The van der Waals surface area contributed by atoms with Crippen LogP contribution in [0.5, 0.6) is 0 Å². The third kappa shape index (κ3) is 5.35. The van der Waals surface area contributed by atoms with Gasteiger partial charge in [0.2, 0.25) is 0 Å². The number of carbonyl (C=O) groups excluding carboxylic acids is 2. The molecule has 0 unspecified atom stereocenters. The second kappa shape index (κ2) is 11.1. The number of carbonyl (C=O) groups is 2. The zero-order valence-corrected chi connectivity index (χ0v) is 19.6. The van der Waals surface area contributed by atoms with Gasteiger partial charge < -0.3 is 10.1 Å².